The first-order valence-corrected chi connectivity index (χ1v) is 10.2. The molecule has 0 saturated heterocycles. The van der Waals surface area contributed by atoms with Crippen LogP contribution in [0.25, 0.3) is 0 Å². The third-order valence-corrected chi connectivity index (χ3v) is 5.32. The summed E-state index contributed by atoms with van der Waals surface area (Å²) >= 11 is 0. The highest BCUT2D eigenvalue weighted by Gasteiger charge is 2.26. The lowest BCUT2D eigenvalue weighted by Crippen LogP contribution is -2.36. The predicted molar refractivity (Wildman–Crippen MR) is 122 cm³/mol. The second kappa shape index (κ2) is 8.58. The van der Waals surface area contributed by atoms with Crippen LogP contribution < -0.4 is 10.3 Å². The lowest BCUT2D eigenvalue weighted by molar-refractivity contribution is -0.118. The van der Waals surface area contributed by atoms with Gasteiger partial charge in [-0.15, -0.1) is 0 Å². The van der Waals surface area contributed by atoms with Gasteiger partial charge in [-0.05, 0) is 55.3 Å². The van der Waals surface area contributed by atoms with Crippen LogP contribution >= 0.6 is 0 Å². The number of hydrogen-bond acceptors (Lipinski definition) is 5. The minimum Gasteiger partial charge on any atom is -0.331 e. The number of ketones is 1. The Kier molecular flexibility index (Phi) is 5.68. The Morgan fingerprint density at radius 1 is 1.03 bits per heavy atom. The van der Waals surface area contributed by atoms with Gasteiger partial charge in [0.15, 0.2) is 5.82 Å². The van der Waals surface area contributed by atoms with Crippen molar-refractivity contribution in [2.75, 3.05) is 10.3 Å². The highest BCUT2D eigenvalue weighted by Crippen LogP contribution is 2.25. The van der Waals surface area contributed by atoms with Gasteiger partial charge in [0.2, 0.25) is 11.7 Å². The molecule has 0 spiro atoms. The Morgan fingerprint density at radius 3 is 2.47 bits per heavy atom. The number of nitrogens with one attached hydrogen (secondary N) is 1. The van der Waals surface area contributed by atoms with Gasteiger partial charge in [-0.1, -0.05) is 12.1 Å². The molecule has 0 fully saturated rings. The number of hydrogen-bond donors (Lipinski definition) is 1. The Bertz CT molecular complexity index is 1240. The zero-order chi connectivity index (χ0) is 22.8. The van der Waals surface area contributed by atoms with E-state index in [2.05, 4.69) is 15.4 Å². The maximum atomic E-state index is 12.8. The summed E-state index contributed by atoms with van der Waals surface area (Å²) in [4.78, 5) is 41.9. The number of amides is 2. The van der Waals surface area contributed by atoms with E-state index in [1.165, 1.54) is 5.01 Å². The van der Waals surface area contributed by atoms with E-state index in [1.807, 2.05) is 32.0 Å². The molecule has 32 heavy (non-hydrogen) atoms. The van der Waals surface area contributed by atoms with Crippen LogP contribution in [-0.4, -0.2) is 32.9 Å². The van der Waals surface area contributed by atoms with Crippen molar-refractivity contribution in [1.82, 2.24) is 9.55 Å². The summed E-state index contributed by atoms with van der Waals surface area (Å²) in [5, 5.41) is 8.46. The van der Waals surface area contributed by atoms with E-state index in [4.69, 9.17) is 0 Å². The molecule has 4 rings (SSSR count). The standard InChI is InChI=1S/C24H23N5O3/c1-15-4-5-16(2)20(14-15)29-21(30)11-10-19(27-29)24(32)26-18-8-6-17(7-9-18)22(31)23-25-12-13-28(23)3/h4-9,12-14H,10-11H2,1-3H3,(H,26,32). The Morgan fingerprint density at radius 2 is 1.78 bits per heavy atom. The van der Waals surface area contributed by atoms with Gasteiger partial charge in [-0.2, -0.15) is 5.10 Å². The van der Waals surface area contributed by atoms with Crippen molar-refractivity contribution in [1.29, 1.82) is 0 Å². The lowest BCUT2D eigenvalue weighted by Gasteiger charge is -2.24. The molecule has 0 aliphatic carbocycles. The normalized spacial score (nSPS) is 13.7. The zero-order valence-corrected chi connectivity index (χ0v) is 18.1. The molecule has 2 amide bonds. The Labute approximate surface area is 185 Å². The summed E-state index contributed by atoms with van der Waals surface area (Å²) in [6.07, 6.45) is 3.75. The van der Waals surface area contributed by atoms with E-state index in [9.17, 15) is 14.4 Å². The van der Waals surface area contributed by atoms with Crippen LogP contribution in [0.2, 0.25) is 0 Å². The van der Waals surface area contributed by atoms with Crippen molar-refractivity contribution in [3.05, 3.63) is 77.4 Å². The van der Waals surface area contributed by atoms with Crippen molar-refractivity contribution in [3.63, 3.8) is 0 Å². The number of anilines is 2. The fourth-order valence-electron chi connectivity index (χ4n) is 3.47. The minimum atomic E-state index is -0.379. The molecule has 8 heteroatoms. The molecule has 1 N–H and O–H groups in total. The first-order valence-electron chi connectivity index (χ1n) is 10.2. The molecule has 0 bridgehead atoms. The number of aryl methyl sites for hydroxylation is 3. The first-order chi connectivity index (χ1) is 15.3. The van der Waals surface area contributed by atoms with Crippen LogP contribution in [0.3, 0.4) is 0 Å². The number of carbonyl (C=O) groups excluding carboxylic acids is 3. The van der Waals surface area contributed by atoms with Crippen LogP contribution in [0.1, 0.15) is 40.2 Å². The largest absolute Gasteiger partial charge is 0.331 e. The third-order valence-electron chi connectivity index (χ3n) is 5.32. The van der Waals surface area contributed by atoms with E-state index in [-0.39, 0.29) is 36.2 Å². The summed E-state index contributed by atoms with van der Waals surface area (Å²) in [5.74, 6) is -0.382. The fraction of sp³-hybridized carbons (Fsp3) is 0.208. The van der Waals surface area contributed by atoms with E-state index in [0.717, 1.165) is 11.1 Å². The van der Waals surface area contributed by atoms with Gasteiger partial charge in [0, 0.05) is 43.5 Å². The number of carbonyl (C=O) groups is 3. The van der Waals surface area contributed by atoms with E-state index in [0.29, 0.717) is 22.8 Å². The summed E-state index contributed by atoms with van der Waals surface area (Å²) in [6, 6.07) is 12.4. The molecule has 0 saturated carbocycles. The van der Waals surface area contributed by atoms with Crippen LogP contribution in [0.5, 0.6) is 0 Å². The SMILES string of the molecule is Cc1ccc(C)c(N2N=C(C(=O)Nc3ccc(C(=O)c4nccn4C)cc3)CCC2=O)c1. The van der Waals surface area contributed by atoms with Crippen molar-refractivity contribution in [2.24, 2.45) is 12.1 Å². The van der Waals surface area contributed by atoms with Gasteiger partial charge < -0.3 is 9.88 Å². The number of aromatic nitrogens is 2. The van der Waals surface area contributed by atoms with Gasteiger partial charge in [-0.3, -0.25) is 14.4 Å². The highest BCUT2D eigenvalue weighted by molar-refractivity contribution is 6.44. The van der Waals surface area contributed by atoms with Crippen LogP contribution in [-0.2, 0) is 16.6 Å². The molecule has 1 aliphatic heterocycles. The molecule has 1 aromatic heterocycles. The average molecular weight is 429 g/mol. The maximum absolute atomic E-state index is 12.8. The molecule has 0 unspecified atom stereocenters. The summed E-state index contributed by atoms with van der Waals surface area (Å²) in [6.45, 7) is 3.84. The molecule has 0 atom stereocenters. The molecular formula is C24H23N5O3. The predicted octanol–water partition coefficient (Wildman–Crippen LogP) is 3.39. The quantitative estimate of drug-likeness (QED) is 0.629. The molecule has 0 radical (unpaired) electrons. The van der Waals surface area contributed by atoms with Gasteiger partial charge >= 0.3 is 0 Å². The van der Waals surface area contributed by atoms with E-state index < -0.39 is 0 Å². The molecule has 3 aromatic rings. The van der Waals surface area contributed by atoms with Crippen LogP contribution in [0, 0.1) is 13.8 Å². The van der Waals surface area contributed by atoms with Gasteiger partial charge in [0.25, 0.3) is 5.91 Å². The Balaban J connectivity index is 1.51. The number of benzene rings is 2. The topological polar surface area (TPSA) is 96.7 Å². The average Bonchev–Trinajstić information content (AvgIpc) is 3.21. The van der Waals surface area contributed by atoms with E-state index in [1.54, 1.807) is 48.3 Å². The number of nitrogens with zero attached hydrogens (tertiary/aromatic N) is 4. The van der Waals surface area contributed by atoms with Gasteiger partial charge in [-0.25, -0.2) is 9.99 Å². The minimum absolute atomic E-state index is 0.146. The number of hydrazone groups is 1. The van der Waals surface area contributed by atoms with Gasteiger partial charge in [0.1, 0.15) is 5.71 Å². The third kappa shape index (κ3) is 4.20. The van der Waals surface area contributed by atoms with E-state index >= 15 is 0 Å². The lowest BCUT2D eigenvalue weighted by atomic mass is 10.1. The molecule has 2 aromatic carbocycles. The molecule has 2 heterocycles. The number of rotatable bonds is 5. The molecular weight excluding hydrogens is 406 g/mol. The van der Waals surface area contributed by atoms with Crippen molar-refractivity contribution in [2.45, 2.75) is 26.7 Å². The molecule has 1 aliphatic rings. The van der Waals surface area contributed by atoms with Crippen LogP contribution in [0.4, 0.5) is 11.4 Å². The fourth-order valence-corrected chi connectivity index (χ4v) is 3.47. The second-order valence-corrected chi connectivity index (χ2v) is 7.76. The second-order valence-electron chi connectivity index (χ2n) is 7.76. The first kappa shape index (κ1) is 21.2. The van der Waals surface area contributed by atoms with Gasteiger partial charge in [0.05, 0.1) is 5.69 Å². The molecule has 162 valence electrons. The van der Waals surface area contributed by atoms with Crippen molar-refractivity contribution >= 4 is 34.7 Å². The molecule has 8 nitrogen and oxygen atoms in total. The number of imidazole rings is 1. The zero-order valence-electron chi connectivity index (χ0n) is 18.1. The summed E-state index contributed by atoms with van der Waals surface area (Å²) in [7, 11) is 1.76. The summed E-state index contributed by atoms with van der Waals surface area (Å²) < 4.78 is 1.65. The Hall–Kier alpha value is -4.07. The smallest absolute Gasteiger partial charge is 0.271 e. The van der Waals surface area contributed by atoms with Crippen molar-refractivity contribution < 1.29 is 14.4 Å². The monoisotopic (exact) mass is 429 g/mol. The highest BCUT2D eigenvalue weighted by atomic mass is 16.2. The maximum Gasteiger partial charge on any atom is 0.271 e. The van der Waals surface area contributed by atoms with Crippen LogP contribution in [0.15, 0.2) is 60.0 Å². The summed E-state index contributed by atoms with van der Waals surface area (Å²) in [5.41, 5.74) is 3.87. The van der Waals surface area contributed by atoms with Crippen molar-refractivity contribution in [3.8, 4) is 0 Å².